The van der Waals surface area contributed by atoms with Gasteiger partial charge in [-0.2, -0.15) is 0 Å². The van der Waals surface area contributed by atoms with Gasteiger partial charge in [0.05, 0.1) is 23.9 Å². The lowest BCUT2D eigenvalue weighted by Crippen LogP contribution is -2.14. The second-order valence-corrected chi connectivity index (χ2v) is 7.32. The highest BCUT2D eigenvalue weighted by atomic mass is 16.6. The highest BCUT2D eigenvalue weighted by Crippen LogP contribution is 2.35. The molecule has 4 aromatic rings. The van der Waals surface area contributed by atoms with Crippen LogP contribution in [-0.2, 0) is 9.47 Å². The molecule has 0 bridgehead atoms. The molecule has 0 aliphatic rings. The number of fused-ring (bicyclic) bond motifs is 1. The molecular formula is C26H25N3O4. The molecular weight excluding hydrogens is 418 g/mol. The Balaban J connectivity index is 1.59. The van der Waals surface area contributed by atoms with Gasteiger partial charge >= 0.3 is 5.97 Å². The maximum Gasteiger partial charge on any atom is 0.338 e. The maximum atomic E-state index is 12.2. The van der Waals surface area contributed by atoms with Crippen molar-refractivity contribution in [2.24, 2.45) is 0 Å². The van der Waals surface area contributed by atoms with Gasteiger partial charge in [-0.15, -0.1) is 0 Å². The van der Waals surface area contributed by atoms with Gasteiger partial charge in [-0.05, 0) is 49.4 Å². The summed E-state index contributed by atoms with van der Waals surface area (Å²) < 4.78 is 10.4. The summed E-state index contributed by atoms with van der Waals surface area (Å²) >= 11 is 0. The third kappa shape index (κ3) is 5.27. The number of carbonyl (C=O) groups is 1. The summed E-state index contributed by atoms with van der Waals surface area (Å²) in [6.07, 6.45) is 3.36. The molecule has 0 aliphatic heterocycles. The molecule has 2 N–H and O–H groups in total. The third-order valence-electron chi connectivity index (χ3n) is 5.17. The molecule has 168 valence electrons. The van der Waals surface area contributed by atoms with E-state index in [-0.39, 0.29) is 12.4 Å². The molecule has 1 atom stereocenters. The number of nitrogens with one attached hydrogen (secondary N) is 1. The molecule has 0 saturated carbocycles. The summed E-state index contributed by atoms with van der Waals surface area (Å²) in [6, 6.07) is 19.7. The Bertz CT molecular complexity index is 1210. The molecule has 4 rings (SSSR count). The van der Waals surface area contributed by atoms with Gasteiger partial charge in [-0.1, -0.05) is 24.3 Å². The van der Waals surface area contributed by atoms with Gasteiger partial charge in [0.1, 0.15) is 17.9 Å². The second-order valence-electron chi connectivity index (χ2n) is 7.32. The fourth-order valence-electron chi connectivity index (χ4n) is 3.53. The first-order valence-electron chi connectivity index (χ1n) is 10.8. The summed E-state index contributed by atoms with van der Waals surface area (Å²) in [5.74, 6) is -0.300. The van der Waals surface area contributed by atoms with E-state index >= 15 is 0 Å². The molecule has 1 unspecified atom stereocenters. The molecule has 0 radical (unpaired) electrons. The van der Waals surface area contributed by atoms with Gasteiger partial charge in [0.25, 0.3) is 0 Å². The number of esters is 1. The largest absolute Gasteiger partial charge is 0.505 e. The monoisotopic (exact) mass is 443 g/mol. The lowest BCUT2D eigenvalue weighted by atomic mass is 9.99. The number of aromatic nitrogens is 2. The Hall–Kier alpha value is -3.97. The van der Waals surface area contributed by atoms with Crippen LogP contribution in [0.25, 0.3) is 10.9 Å². The van der Waals surface area contributed by atoms with E-state index in [2.05, 4.69) is 15.3 Å². The predicted molar refractivity (Wildman–Crippen MR) is 126 cm³/mol. The first kappa shape index (κ1) is 22.2. The van der Waals surface area contributed by atoms with Crippen LogP contribution in [0.4, 0.5) is 5.69 Å². The topological polar surface area (TPSA) is 93.6 Å². The van der Waals surface area contributed by atoms with Crippen molar-refractivity contribution in [2.45, 2.75) is 13.0 Å². The number of hydrogen-bond acceptors (Lipinski definition) is 7. The first-order valence-corrected chi connectivity index (χ1v) is 10.8. The summed E-state index contributed by atoms with van der Waals surface area (Å²) in [4.78, 5) is 21.0. The van der Waals surface area contributed by atoms with Gasteiger partial charge in [-0.25, -0.2) is 4.79 Å². The molecule has 0 amide bonds. The number of carbonyl (C=O) groups excluding carboxylic acids is 1. The van der Waals surface area contributed by atoms with Crippen LogP contribution in [0.15, 0.2) is 79.1 Å². The van der Waals surface area contributed by atoms with Crippen LogP contribution in [0.1, 0.15) is 34.6 Å². The van der Waals surface area contributed by atoms with Crippen LogP contribution >= 0.6 is 0 Å². The summed E-state index contributed by atoms with van der Waals surface area (Å²) in [5.41, 5.74) is 3.13. The lowest BCUT2D eigenvalue weighted by Gasteiger charge is -2.21. The normalized spacial score (nSPS) is 11.8. The molecule has 0 spiro atoms. The van der Waals surface area contributed by atoms with Crippen LogP contribution in [-0.4, -0.2) is 40.9 Å². The Morgan fingerprint density at radius 1 is 0.970 bits per heavy atom. The number of phenols is 1. The Labute approximate surface area is 192 Å². The van der Waals surface area contributed by atoms with E-state index in [9.17, 15) is 9.90 Å². The number of phenolic OH excluding ortho intramolecular Hbond substituents is 1. The zero-order valence-electron chi connectivity index (χ0n) is 18.3. The SMILES string of the molecule is CCOCCOC(=O)c1ccc(NC(c2ccccn2)c2ccc3cccnc3c2O)cc1. The highest BCUT2D eigenvalue weighted by molar-refractivity contribution is 5.90. The van der Waals surface area contributed by atoms with E-state index < -0.39 is 12.0 Å². The zero-order valence-corrected chi connectivity index (χ0v) is 18.3. The quantitative estimate of drug-likeness (QED) is 0.285. The van der Waals surface area contributed by atoms with Crippen molar-refractivity contribution in [2.75, 3.05) is 25.1 Å². The van der Waals surface area contributed by atoms with Crippen LogP contribution in [0, 0.1) is 0 Å². The van der Waals surface area contributed by atoms with Gasteiger partial charge in [0.2, 0.25) is 0 Å². The highest BCUT2D eigenvalue weighted by Gasteiger charge is 2.21. The third-order valence-corrected chi connectivity index (χ3v) is 5.17. The van der Waals surface area contributed by atoms with Crippen LogP contribution < -0.4 is 5.32 Å². The maximum absolute atomic E-state index is 12.2. The van der Waals surface area contributed by atoms with Crippen LogP contribution in [0.2, 0.25) is 0 Å². The smallest absolute Gasteiger partial charge is 0.338 e. The Morgan fingerprint density at radius 2 is 1.79 bits per heavy atom. The molecule has 2 aromatic carbocycles. The molecule has 0 fully saturated rings. The van der Waals surface area contributed by atoms with Crippen molar-refractivity contribution in [1.29, 1.82) is 0 Å². The number of hydrogen-bond donors (Lipinski definition) is 2. The standard InChI is InChI=1S/C26H25N3O4/c1-2-32-16-17-33-26(31)19-8-11-20(12-9-19)29-24(22-7-3-4-14-27-22)21-13-10-18-6-5-15-28-23(18)25(21)30/h3-15,24,29-30H,2,16-17H2,1H3. The number of ether oxygens (including phenoxy) is 2. The molecule has 2 aromatic heterocycles. The minimum absolute atomic E-state index is 0.103. The van der Waals surface area contributed by atoms with E-state index in [0.717, 1.165) is 16.8 Å². The fraction of sp³-hybridized carbons (Fsp3) is 0.192. The number of rotatable bonds is 9. The van der Waals surface area contributed by atoms with Crippen molar-refractivity contribution in [3.05, 3.63) is 95.9 Å². The summed E-state index contributed by atoms with van der Waals surface area (Å²) in [5, 5.41) is 15.3. The van der Waals surface area contributed by atoms with E-state index in [1.807, 2.05) is 49.4 Å². The van der Waals surface area contributed by atoms with Crippen LogP contribution in [0.5, 0.6) is 5.75 Å². The van der Waals surface area contributed by atoms with Crippen molar-refractivity contribution in [3.63, 3.8) is 0 Å². The number of anilines is 1. The van der Waals surface area contributed by atoms with Gasteiger partial charge in [0, 0.05) is 35.6 Å². The van der Waals surface area contributed by atoms with E-state index in [0.29, 0.717) is 29.9 Å². The van der Waals surface area contributed by atoms with E-state index in [4.69, 9.17) is 9.47 Å². The van der Waals surface area contributed by atoms with Crippen molar-refractivity contribution < 1.29 is 19.4 Å². The number of aromatic hydroxyl groups is 1. The summed E-state index contributed by atoms with van der Waals surface area (Å²) in [6.45, 7) is 3.06. The molecule has 0 saturated heterocycles. The average Bonchev–Trinajstić information content (AvgIpc) is 2.87. The van der Waals surface area contributed by atoms with Crippen LogP contribution in [0.3, 0.4) is 0 Å². The zero-order chi connectivity index (χ0) is 23.0. The second kappa shape index (κ2) is 10.6. The minimum Gasteiger partial charge on any atom is -0.505 e. The summed E-state index contributed by atoms with van der Waals surface area (Å²) in [7, 11) is 0. The van der Waals surface area contributed by atoms with E-state index in [1.54, 1.807) is 36.7 Å². The van der Waals surface area contributed by atoms with Gasteiger partial charge in [-0.3, -0.25) is 9.97 Å². The molecule has 33 heavy (non-hydrogen) atoms. The van der Waals surface area contributed by atoms with E-state index in [1.165, 1.54) is 0 Å². The molecule has 7 heteroatoms. The Kier molecular flexibility index (Phi) is 7.12. The van der Waals surface area contributed by atoms with Crippen molar-refractivity contribution in [3.8, 4) is 5.75 Å². The number of nitrogens with zero attached hydrogens (tertiary/aromatic N) is 2. The molecule has 2 heterocycles. The lowest BCUT2D eigenvalue weighted by molar-refractivity contribution is 0.0335. The number of benzene rings is 2. The first-order chi connectivity index (χ1) is 16.2. The Morgan fingerprint density at radius 3 is 2.55 bits per heavy atom. The van der Waals surface area contributed by atoms with Crippen molar-refractivity contribution >= 4 is 22.6 Å². The van der Waals surface area contributed by atoms with Gasteiger partial charge < -0.3 is 19.9 Å². The minimum atomic E-state index is -0.429. The van der Waals surface area contributed by atoms with Crippen molar-refractivity contribution in [1.82, 2.24) is 9.97 Å². The predicted octanol–water partition coefficient (Wildman–Crippen LogP) is 4.73. The molecule has 7 nitrogen and oxygen atoms in total. The van der Waals surface area contributed by atoms with Gasteiger partial charge in [0.15, 0.2) is 0 Å². The molecule has 0 aliphatic carbocycles. The average molecular weight is 444 g/mol. The number of pyridine rings is 2. The fourth-order valence-corrected chi connectivity index (χ4v) is 3.53.